The van der Waals surface area contributed by atoms with Crippen molar-refractivity contribution in [1.82, 2.24) is 4.98 Å². The molecule has 0 saturated heterocycles. The Hall–Kier alpha value is -2.74. The first-order valence-corrected chi connectivity index (χ1v) is 6.28. The maximum atomic E-state index is 8.77. The topological polar surface area (TPSA) is 84.0 Å². The van der Waals surface area contributed by atoms with E-state index in [-0.39, 0.29) is 6.10 Å². The lowest BCUT2D eigenvalue weighted by Gasteiger charge is -2.11. The first kappa shape index (κ1) is 13.7. The van der Waals surface area contributed by atoms with Crippen molar-refractivity contribution >= 4 is 17.2 Å². The highest BCUT2D eigenvalue weighted by Crippen LogP contribution is 2.23. The Morgan fingerprint density at radius 2 is 2.00 bits per heavy atom. The maximum Gasteiger partial charge on any atom is 0.153 e. The molecule has 1 aromatic carbocycles. The molecule has 1 aromatic heterocycles. The van der Waals surface area contributed by atoms with Crippen LogP contribution < -0.4 is 15.8 Å². The summed E-state index contributed by atoms with van der Waals surface area (Å²) in [6.45, 7) is 3.96. The van der Waals surface area contributed by atoms with Gasteiger partial charge in [0.2, 0.25) is 0 Å². The van der Waals surface area contributed by atoms with Crippen LogP contribution in [0.25, 0.3) is 0 Å². The number of anilines is 3. The van der Waals surface area contributed by atoms with Gasteiger partial charge in [0.05, 0.1) is 17.4 Å². The molecular weight excluding hydrogens is 252 g/mol. The Morgan fingerprint density at radius 1 is 1.30 bits per heavy atom. The van der Waals surface area contributed by atoms with Crippen molar-refractivity contribution in [3.8, 4) is 11.8 Å². The van der Waals surface area contributed by atoms with Crippen LogP contribution in [0.1, 0.15) is 19.4 Å². The summed E-state index contributed by atoms with van der Waals surface area (Å²) in [5.41, 5.74) is 7.57. The van der Waals surface area contributed by atoms with Crippen LogP contribution in [0.5, 0.6) is 5.75 Å². The number of ether oxygens (including phenoxy) is 1. The molecule has 20 heavy (non-hydrogen) atoms. The van der Waals surface area contributed by atoms with Crippen LogP contribution in [0.2, 0.25) is 0 Å². The predicted octanol–water partition coefficient (Wildman–Crippen LogP) is 3.07. The van der Waals surface area contributed by atoms with Gasteiger partial charge in [0, 0.05) is 11.9 Å². The zero-order valence-electron chi connectivity index (χ0n) is 11.4. The number of nitrogens with zero attached hydrogens (tertiary/aromatic N) is 2. The average molecular weight is 268 g/mol. The number of nitriles is 1. The molecule has 0 aliphatic heterocycles. The lowest BCUT2D eigenvalue weighted by atomic mass is 10.2. The second-order valence-electron chi connectivity index (χ2n) is 4.59. The molecule has 0 atom stereocenters. The van der Waals surface area contributed by atoms with Crippen molar-refractivity contribution in [3.63, 3.8) is 0 Å². The van der Waals surface area contributed by atoms with E-state index in [1.807, 2.05) is 44.2 Å². The van der Waals surface area contributed by atoms with E-state index >= 15 is 0 Å². The van der Waals surface area contributed by atoms with Crippen LogP contribution in [-0.4, -0.2) is 11.1 Å². The first-order chi connectivity index (χ1) is 9.58. The molecule has 0 spiro atoms. The normalized spacial score (nSPS) is 10.1. The lowest BCUT2D eigenvalue weighted by molar-refractivity contribution is 0.242. The molecule has 5 heteroatoms. The van der Waals surface area contributed by atoms with Gasteiger partial charge in [-0.25, -0.2) is 4.98 Å². The third-order valence-electron chi connectivity index (χ3n) is 2.54. The van der Waals surface area contributed by atoms with Gasteiger partial charge in [0.25, 0.3) is 0 Å². The van der Waals surface area contributed by atoms with Crippen molar-refractivity contribution in [2.24, 2.45) is 0 Å². The molecular formula is C15H16N4O. The van der Waals surface area contributed by atoms with E-state index in [0.717, 1.165) is 11.4 Å². The number of nitrogen functional groups attached to an aromatic ring is 1. The number of nitrogens with two attached hydrogens (primary N) is 1. The highest BCUT2D eigenvalue weighted by atomic mass is 16.5. The standard InChI is InChI=1S/C15H16N4O/c1-10(2)20-13-5-3-12(4-6-13)19-15-14(17)7-11(8-16)9-18-15/h3-7,9-10H,17H2,1-2H3,(H,18,19). The fraction of sp³-hybridized carbons (Fsp3) is 0.200. The Bertz CT molecular complexity index is 629. The van der Waals surface area contributed by atoms with E-state index in [0.29, 0.717) is 17.1 Å². The van der Waals surface area contributed by atoms with E-state index in [4.69, 9.17) is 15.7 Å². The molecule has 0 bridgehead atoms. The molecule has 102 valence electrons. The quantitative estimate of drug-likeness (QED) is 0.890. The minimum Gasteiger partial charge on any atom is -0.491 e. The van der Waals surface area contributed by atoms with Gasteiger partial charge in [-0.2, -0.15) is 5.26 Å². The highest BCUT2D eigenvalue weighted by Gasteiger charge is 2.04. The summed E-state index contributed by atoms with van der Waals surface area (Å²) < 4.78 is 5.57. The molecule has 0 saturated carbocycles. The number of hydrogen-bond donors (Lipinski definition) is 2. The van der Waals surface area contributed by atoms with E-state index < -0.39 is 0 Å². The second-order valence-corrected chi connectivity index (χ2v) is 4.59. The fourth-order valence-corrected chi connectivity index (χ4v) is 1.67. The zero-order valence-corrected chi connectivity index (χ0v) is 11.4. The smallest absolute Gasteiger partial charge is 0.153 e. The molecule has 2 rings (SSSR count). The third kappa shape index (κ3) is 3.39. The number of hydrogen-bond acceptors (Lipinski definition) is 5. The van der Waals surface area contributed by atoms with Gasteiger partial charge in [0.15, 0.2) is 5.82 Å². The Labute approximate surface area is 118 Å². The average Bonchev–Trinajstić information content (AvgIpc) is 2.42. The summed E-state index contributed by atoms with van der Waals surface area (Å²) in [7, 11) is 0. The Balaban J connectivity index is 2.12. The van der Waals surface area contributed by atoms with Crippen molar-refractivity contribution in [1.29, 1.82) is 5.26 Å². The summed E-state index contributed by atoms with van der Waals surface area (Å²) >= 11 is 0. The van der Waals surface area contributed by atoms with Crippen molar-refractivity contribution in [3.05, 3.63) is 42.1 Å². The van der Waals surface area contributed by atoms with Crippen molar-refractivity contribution < 1.29 is 4.74 Å². The predicted molar refractivity (Wildman–Crippen MR) is 78.9 cm³/mol. The summed E-state index contributed by atoms with van der Waals surface area (Å²) in [5.74, 6) is 1.34. The number of nitrogens with one attached hydrogen (secondary N) is 1. The van der Waals surface area contributed by atoms with E-state index in [1.165, 1.54) is 6.20 Å². The fourth-order valence-electron chi connectivity index (χ4n) is 1.67. The van der Waals surface area contributed by atoms with Crippen LogP contribution >= 0.6 is 0 Å². The van der Waals surface area contributed by atoms with Gasteiger partial charge in [0.1, 0.15) is 11.8 Å². The van der Waals surface area contributed by atoms with Gasteiger partial charge in [-0.15, -0.1) is 0 Å². The Kier molecular flexibility index (Phi) is 4.06. The summed E-state index contributed by atoms with van der Waals surface area (Å²) in [4.78, 5) is 4.13. The molecule has 3 N–H and O–H groups in total. The molecule has 0 amide bonds. The van der Waals surface area contributed by atoms with Crippen LogP contribution in [0.3, 0.4) is 0 Å². The number of aromatic nitrogens is 1. The minimum absolute atomic E-state index is 0.143. The largest absolute Gasteiger partial charge is 0.491 e. The second kappa shape index (κ2) is 5.93. The van der Waals surface area contributed by atoms with E-state index in [2.05, 4.69) is 10.3 Å². The molecule has 0 unspecified atom stereocenters. The molecule has 1 heterocycles. The van der Waals surface area contributed by atoms with Crippen LogP contribution in [0, 0.1) is 11.3 Å². The Morgan fingerprint density at radius 3 is 2.55 bits per heavy atom. The SMILES string of the molecule is CC(C)Oc1ccc(Nc2ncc(C#N)cc2N)cc1. The van der Waals surface area contributed by atoms with Crippen LogP contribution in [0.4, 0.5) is 17.2 Å². The van der Waals surface area contributed by atoms with Gasteiger partial charge < -0.3 is 15.8 Å². The van der Waals surface area contributed by atoms with E-state index in [9.17, 15) is 0 Å². The minimum atomic E-state index is 0.143. The molecule has 0 aliphatic rings. The van der Waals surface area contributed by atoms with E-state index in [1.54, 1.807) is 6.07 Å². The molecule has 0 fully saturated rings. The van der Waals surface area contributed by atoms with Crippen molar-refractivity contribution in [2.45, 2.75) is 20.0 Å². The molecule has 5 nitrogen and oxygen atoms in total. The summed E-state index contributed by atoms with van der Waals surface area (Å²) in [6.07, 6.45) is 1.62. The highest BCUT2D eigenvalue weighted by molar-refractivity contribution is 5.69. The molecule has 0 aliphatic carbocycles. The number of rotatable bonds is 4. The lowest BCUT2D eigenvalue weighted by Crippen LogP contribution is -2.05. The zero-order chi connectivity index (χ0) is 14.5. The number of benzene rings is 1. The summed E-state index contributed by atoms with van der Waals surface area (Å²) in [5, 5.41) is 11.9. The number of pyridine rings is 1. The van der Waals surface area contributed by atoms with Gasteiger partial charge in [-0.3, -0.25) is 0 Å². The maximum absolute atomic E-state index is 8.77. The van der Waals surface area contributed by atoms with Crippen molar-refractivity contribution in [2.75, 3.05) is 11.1 Å². The van der Waals surface area contributed by atoms with Gasteiger partial charge in [-0.05, 0) is 44.2 Å². The first-order valence-electron chi connectivity index (χ1n) is 6.28. The van der Waals surface area contributed by atoms with Crippen LogP contribution in [-0.2, 0) is 0 Å². The molecule has 2 aromatic rings. The molecule has 0 radical (unpaired) electrons. The van der Waals surface area contributed by atoms with Gasteiger partial charge in [-0.1, -0.05) is 0 Å². The summed E-state index contributed by atoms with van der Waals surface area (Å²) in [6, 6.07) is 11.1. The van der Waals surface area contributed by atoms with Crippen LogP contribution in [0.15, 0.2) is 36.5 Å². The third-order valence-corrected chi connectivity index (χ3v) is 2.54. The van der Waals surface area contributed by atoms with Gasteiger partial charge >= 0.3 is 0 Å². The monoisotopic (exact) mass is 268 g/mol.